The molecule has 0 spiro atoms. The molecule has 1 rings (SSSR count). The number of phenols is 2. The molecule has 0 saturated heterocycles. The van der Waals surface area contributed by atoms with Gasteiger partial charge in [-0.1, -0.05) is 33.6 Å². The first-order chi connectivity index (χ1) is 8.65. The number of hydrogen-bond donors (Lipinski definition) is 2. The van der Waals surface area contributed by atoms with Gasteiger partial charge in [-0.05, 0) is 30.9 Å². The van der Waals surface area contributed by atoms with Crippen LogP contribution in [0.25, 0.3) is 0 Å². The summed E-state index contributed by atoms with van der Waals surface area (Å²) in [7, 11) is 0. The molecule has 18 heavy (non-hydrogen) atoms. The van der Waals surface area contributed by atoms with Gasteiger partial charge in [-0.15, -0.1) is 0 Å². The van der Waals surface area contributed by atoms with E-state index >= 15 is 0 Å². The van der Waals surface area contributed by atoms with E-state index in [1.165, 1.54) is 0 Å². The van der Waals surface area contributed by atoms with Gasteiger partial charge in [0, 0.05) is 5.56 Å². The highest BCUT2D eigenvalue weighted by Gasteiger charge is 2.16. The Hall–Kier alpha value is -1.38. The van der Waals surface area contributed by atoms with Crippen LogP contribution in [0.4, 0.5) is 0 Å². The Bertz CT molecular complexity index is 386. The smallest absolute Gasteiger partial charge is 0.200 e. The highest BCUT2D eigenvalue weighted by molar-refractivity contribution is 5.57. The number of aromatic hydroxyl groups is 2. The Labute approximate surface area is 109 Å². The summed E-state index contributed by atoms with van der Waals surface area (Å²) in [6.07, 6.45) is 4.83. The number of benzene rings is 1. The monoisotopic (exact) mass is 252 g/mol. The lowest BCUT2D eigenvalue weighted by Gasteiger charge is -2.16. The van der Waals surface area contributed by atoms with E-state index in [0.717, 1.165) is 43.2 Å². The molecule has 0 amide bonds. The van der Waals surface area contributed by atoms with Crippen LogP contribution in [-0.2, 0) is 12.8 Å². The van der Waals surface area contributed by atoms with Gasteiger partial charge in [0.15, 0.2) is 11.5 Å². The minimum absolute atomic E-state index is 0.0884. The number of unbranched alkanes of at least 4 members (excludes halogenated alkanes) is 2. The summed E-state index contributed by atoms with van der Waals surface area (Å²) in [4.78, 5) is 0. The molecule has 3 nitrogen and oxygen atoms in total. The SMILES string of the molecule is CCCCCOc1c(O)c(O)cc(CC)c1CC. The summed E-state index contributed by atoms with van der Waals surface area (Å²) >= 11 is 0. The summed E-state index contributed by atoms with van der Waals surface area (Å²) in [5, 5.41) is 19.6. The first-order valence-electron chi connectivity index (χ1n) is 6.85. The van der Waals surface area contributed by atoms with Gasteiger partial charge in [0.05, 0.1) is 6.61 Å². The molecule has 2 N–H and O–H groups in total. The molecule has 0 heterocycles. The minimum Gasteiger partial charge on any atom is -0.504 e. The molecule has 0 atom stereocenters. The van der Waals surface area contributed by atoms with Crippen molar-refractivity contribution in [1.82, 2.24) is 0 Å². The van der Waals surface area contributed by atoms with Crippen molar-refractivity contribution in [3.05, 3.63) is 17.2 Å². The Morgan fingerprint density at radius 2 is 1.78 bits per heavy atom. The number of phenolic OH excluding ortho intramolecular Hbond substituents is 2. The fourth-order valence-electron chi connectivity index (χ4n) is 2.11. The second-order valence-electron chi connectivity index (χ2n) is 4.47. The molecule has 0 unspecified atom stereocenters. The highest BCUT2D eigenvalue weighted by atomic mass is 16.5. The Morgan fingerprint density at radius 1 is 1.06 bits per heavy atom. The lowest BCUT2D eigenvalue weighted by Crippen LogP contribution is -2.03. The van der Waals surface area contributed by atoms with Crippen molar-refractivity contribution < 1.29 is 14.9 Å². The van der Waals surface area contributed by atoms with E-state index in [4.69, 9.17) is 4.74 Å². The fourth-order valence-corrected chi connectivity index (χ4v) is 2.11. The minimum atomic E-state index is -0.124. The lowest BCUT2D eigenvalue weighted by molar-refractivity contribution is 0.281. The van der Waals surface area contributed by atoms with Gasteiger partial charge >= 0.3 is 0 Å². The van der Waals surface area contributed by atoms with Gasteiger partial charge in [0.2, 0.25) is 5.75 Å². The second-order valence-corrected chi connectivity index (χ2v) is 4.47. The molecule has 0 aromatic heterocycles. The lowest BCUT2D eigenvalue weighted by atomic mass is 10.0. The molecule has 0 fully saturated rings. The van der Waals surface area contributed by atoms with Gasteiger partial charge < -0.3 is 14.9 Å². The first kappa shape index (κ1) is 14.7. The van der Waals surface area contributed by atoms with E-state index in [0.29, 0.717) is 12.4 Å². The average molecular weight is 252 g/mol. The third-order valence-corrected chi connectivity index (χ3v) is 3.16. The predicted molar refractivity (Wildman–Crippen MR) is 73.5 cm³/mol. The van der Waals surface area contributed by atoms with Gasteiger partial charge in [-0.3, -0.25) is 0 Å². The molecular formula is C15H24O3. The van der Waals surface area contributed by atoms with Crippen LogP contribution in [-0.4, -0.2) is 16.8 Å². The van der Waals surface area contributed by atoms with Crippen molar-refractivity contribution in [2.24, 2.45) is 0 Å². The maximum absolute atomic E-state index is 9.91. The predicted octanol–water partition coefficient (Wildman–Crippen LogP) is 3.79. The maximum atomic E-state index is 9.91. The summed E-state index contributed by atoms with van der Waals surface area (Å²) < 4.78 is 5.67. The van der Waals surface area contributed by atoms with Gasteiger partial charge in [-0.2, -0.15) is 0 Å². The van der Waals surface area contributed by atoms with E-state index in [-0.39, 0.29) is 11.5 Å². The zero-order chi connectivity index (χ0) is 13.5. The Morgan fingerprint density at radius 3 is 2.33 bits per heavy atom. The molecule has 1 aromatic rings. The quantitative estimate of drug-likeness (QED) is 0.573. The number of ether oxygens (including phenoxy) is 1. The molecule has 102 valence electrons. The van der Waals surface area contributed by atoms with Crippen molar-refractivity contribution in [2.45, 2.75) is 52.9 Å². The normalized spacial score (nSPS) is 10.6. The summed E-state index contributed by atoms with van der Waals surface area (Å²) in [6.45, 7) is 6.79. The Kier molecular flexibility index (Phi) is 5.83. The van der Waals surface area contributed by atoms with Gasteiger partial charge in [-0.25, -0.2) is 0 Å². The maximum Gasteiger partial charge on any atom is 0.200 e. The number of aryl methyl sites for hydroxylation is 1. The standard InChI is InChI=1S/C15H24O3/c1-4-7-8-9-18-15-12(6-3)11(5-2)10-13(16)14(15)17/h10,16-17H,4-9H2,1-3H3. The van der Waals surface area contributed by atoms with Crippen molar-refractivity contribution in [3.63, 3.8) is 0 Å². The van der Waals surface area contributed by atoms with E-state index in [9.17, 15) is 10.2 Å². The summed E-state index contributed by atoms with van der Waals surface area (Å²) in [6, 6.07) is 1.63. The zero-order valence-corrected chi connectivity index (χ0v) is 11.6. The first-order valence-corrected chi connectivity index (χ1v) is 6.85. The van der Waals surface area contributed by atoms with E-state index < -0.39 is 0 Å². The summed E-state index contributed by atoms with van der Waals surface area (Å²) in [5.41, 5.74) is 2.04. The third-order valence-electron chi connectivity index (χ3n) is 3.16. The van der Waals surface area contributed by atoms with E-state index in [2.05, 4.69) is 6.92 Å². The highest BCUT2D eigenvalue weighted by Crippen LogP contribution is 2.41. The van der Waals surface area contributed by atoms with Crippen LogP contribution < -0.4 is 4.74 Å². The van der Waals surface area contributed by atoms with Crippen LogP contribution in [0, 0.1) is 0 Å². The van der Waals surface area contributed by atoms with Crippen LogP contribution >= 0.6 is 0 Å². The van der Waals surface area contributed by atoms with E-state index in [1.807, 2.05) is 13.8 Å². The van der Waals surface area contributed by atoms with Crippen molar-refractivity contribution in [3.8, 4) is 17.2 Å². The van der Waals surface area contributed by atoms with Crippen LogP contribution in [0.2, 0.25) is 0 Å². The average Bonchev–Trinajstić information content (AvgIpc) is 2.38. The molecule has 3 heteroatoms. The second kappa shape index (κ2) is 7.14. The van der Waals surface area contributed by atoms with Gasteiger partial charge in [0.25, 0.3) is 0 Å². The molecule has 0 aliphatic rings. The molecule has 1 aromatic carbocycles. The number of rotatable bonds is 7. The van der Waals surface area contributed by atoms with Crippen LogP contribution in [0.1, 0.15) is 51.2 Å². The largest absolute Gasteiger partial charge is 0.504 e. The Balaban J connectivity index is 2.95. The van der Waals surface area contributed by atoms with Crippen LogP contribution in [0.3, 0.4) is 0 Å². The molecule has 0 radical (unpaired) electrons. The zero-order valence-electron chi connectivity index (χ0n) is 11.6. The van der Waals surface area contributed by atoms with Gasteiger partial charge in [0.1, 0.15) is 0 Å². The van der Waals surface area contributed by atoms with E-state index in [1.54, 1.807) is 6.07 Å². The topological polar surface area (TPSA) is 49.7 Å². The molecule has 0 aliphatic heterocycles. The number of hydrogen-bond acceptors (Lipinski definition) is 3. The summed E-state index contributed by atoms with van der Waals surface area (Å²) in [5.74, 6) is 0.251. The molecule has 0 bridgehead atoms. The third kappa shape index (κ3) is 3.31. The van der Waals surface area contributed by atoms with Crippen molar-refractivity contribution >= 4 is 0 Å². The van der Waals surface area contributed by atoms with Crippen LogP contribution in [0.5, 0.6) is 17.2 Å². The fraction of sp³-hybridized carbons (Fsp3) is 0.600. The molecule has 0 aliphatic carbocycles. The van der Waals surface area contributed by atoms with Crippen molar-refractivity contribution in [1.29, 1.82) is 0 Å². The molecule has 0 saturated carbocycles. The van der Waals surface area contributed by atoms with Crippen LogP contribution in [0.15, 0.2) is 6.07 Å². The van der Waals surface area contributed by atoms with Crippen molar-refractivity contribution in [2.75, 3.05) is 6.61 Å². The molecular weight excluding hydrogens is 228 g/mol.